The monoisotopic (exact) mass is 361 g/mol. The summed E-state index contributed by atoms with van der Waals surface area (Å²) in [6, 6.07) is 12.8. The van der Waals surface area contributed by atoms with Crippen molar-refractivity contribution in [1.82, 2.24) is 24.8 Å². The number of hydrogen-bond donors (Lipinski definition) is 1. The van der Waals surface area contributed by atoms with E-state index in [1.54, 1.807) is 0 Å². The molecule has 0 aliphatic rings. The summed E-state index contributed by atoms with van der Waals surface area (Å²) in [6.45, 7) is 8.07. The zero-order valence-corrected chi connectivity index (χ0v) is 16.6. The predicted octanol–water partition coefficient (Wildman–Crippen LogP) is 3.51. The number of aromatic nitrogens is 3. The number of fused-ring (bicyclic) bond motifs is 4. The van der Waals surface area contributed by atoms with E-state index in [9.17, 15) is 0 Å². The van der Waals surface area contributed by atoms with Gasteiger partial charge < -0.3 is 14.8 Å². The van der Waals surface area contributed by atoms with E-state index in [1.807, 2.05) is 0 Å². The molecule has 2 aromatic carbocycles. The molecule has 0 unspecified atom stereocenters. The van der Waals surface area contributed by atoms with Gasteiger partial charge in [-0.2, -0.15) is 0 Å². The fourth-order valence-corrected chi connectivity index (χ4v) is 3.54. The molecule has 0 aliphatic heterocycles. The molecular weight excluding hydrogens is 334 g/mol. The van der Waals surface area contributed by atoms with Gasteiger partial charge in [0.2, 0.25) is 0 Å². The summed E-state index contributed by atoms with van der Waals surface area (Å²) < 4.78 is 2.30. The highest BCUT2D eigenvalue weighted by Crippen LogP contribution is 2.28. The van der Waals surface area contributed by atoms with Crippen LogP contribution >= 0.6 is 0 Å². The summed E-state index contributed by atoms with van der Waals surface area (Å²) in [5, 5.41) is 4.70. The third kappa shape index (κ3) is 3.40. The van der Waals surface area contributed by atoms with Crippen LogP contribution in [-0.2, 0) is 6.54 Å². The maximum Gasteiger partial charge on any atom is 0.160 e. The van der Waals surface area contributed by atoms with E-state index in [0.717, 1.165) is 48.4 Å². The zero-order valence-electron chi connectivity index (χ0n) is 16.6. The van der Waals surface area contributed by atoms with Crippen LogP contribution in [-0.4, -0.2) is 53.2 Å². The van der Waals surface area contributed by atoms with Crippen molar-refractivity contribution in [2.24, 2.45) is 0 Å². The molecule has 0 amide bonds. The average Bonchev–Trinajstić information content (AvgIpc) is 2.94. The van der Waals surface area contributed by atoms with Gasteiger partial charge in [-0.15, -0.1) is 0 Å². The lowest BCUT2D eigenvalue weighted by Crippen LogP contribution is -2.28. The molecule has 27 heavy (non-hydrogen) atoms. The first-order valence-corrected chi connectivity index (χ1v) is 9.56. The number of likely N-dealkylation sites (N-methyl/N-ethyl adjacent to an activating group) is 1. The molecule has 0 saturated carbocycles. The smallest absolute Gasteiger partial charge is 0.160 e. The van der Waals surface area contributed by atoms with Crippen LogP contribution in [0.2, 0.25) is 0 Å². The Labute approximate surface area is 160 Å². The Balaban J connectivity index is 1.78. The Morgan fingerprint density at radius 3 is 2.41 bits per heavy atom. The molecule has 0 saturated heterocycles. The standard InChI is InChI=1S/C22H27N5/c1-15-13-18-19(14-16(15)2)25-22-21(24-18)17-7-5-6-8-20(17)27(22)12-10-23-9-11-26(3)4/h5-8,13-14,23H,9-12H2,1-4H3. The molecule has 2 heterocycles. The van der Waals surface area contributed by atoms with Crippen molar-refractivity contribution in [3.63, 3.8) is 0 Å². The molecule has 2 aromatic heterocycles. The van der Waals surface area contributed by atoms with E-state index in [2.05, 4.69) is 79.1 Å². The minimum absolute atomic E-state index is 0.877. The molecule has 0 fully saturated rings. The summed E-state index contributed by atoms with van der Waals surface area (Å²) in [7, 11) is 4.19. The third-order valence-corrected chi connectivity index (χ3v) is 5.21. The Bertz CT molecular complexity index is 1110. The summed E-state index contributed by atoms with van der Waals surface area (Å²) >= 11 is 0. The quantitative estimate of drug-likeness (QED) is 0.534. The molecule has 0 bridgehead atoms. The number of hydrogen-bond acceptors (Lipinski definition) is 4. The minimum atomic E-state index is 0.877. The van der Waals surface area contributed by atoms with Crippen molar-refractivity contribution in [3.8, 4) is 0 Å². The first-order chi connectivity index (χ1) is 13.0. The van der Waals surface area contributed by atoms with E-state index in [0.29, 0.717) is 0 Å². The highest BCUT2D eigenvalue weighted by Gasteiger charge is 2.14. The largest absolute Gasteiger partial charge is 0.323 e. The maximum absolute atomic E-state index is 5.01. The van der Waals surface area contributed by atoms with Gasteiger partial charge in [0.05, 0.1) is 16.6 Å². The molecule has 5 heteroatoms. The Morgan fingerprint density at radius 2 is 1.67 bits per heavy atom. The van der Waals surface area contributed by atoms with Crippen LogP contribution in [0.4, 0.5) is 0 Å². The summed E-state index contributed by atoms with van der Waals surface area (Å²) in [4.78, 5) is 12.2. The van der Waals surface area contributed by atoms with Crippen molar-refractivity contribution in [1.29, 1.82) is 0 Å². The van der Waals surface area contributed by atoms with Crippen molar-refractivity contribution < 1.29 is 0 Å². The van der Waals surface area contributed by atoms with Crippen molar-refractivity contribution in [3.05, 3.63) is 47.5 Å². The molecule has 0 atom stereocenters. The van der Waals surface area contributed by atoms with Crippen LogP contribution in [0.3, 0.4) is 0 Å². The molecule has 4 aromatic rings. The van der Waals surface area contributed by atoms with Gasteiger partial charge in [-0.1, -0.05) is 18.2 Å². The fourth-order valence-electron chi connectivity index (χ4n) is 3.54. The first kappa shape index (κ1) is 17.9. The van der Waals surface area contributed by atoms with E-state index < -0.39 is 0 Å². The molecule has 5 nitrogen and oxygen atoms in total. The summed E-state index contributed by atoms with van der Waals surface area (Å²) in [5.74, 6) is 0. The summed E-state index contributed by atoms with van der Waals surface area (Å²) in [6.07, 6.45) is 0. The molecule has 0 spiro atoms. The van der Waals surface area contributed by atoms with Gasteiger partial charge in [0.15, 0.2) is 5.65 Å². The number of nitrogens with one attached hydrogen (secondary N) is 1. The molecule has 4 rings (SSSR count). The number of benzene rings is 2. The van der Waals surface area contributed by atoms with Gasteiger partial charge >= 0.3 is 0 Å². The number of para-hydroxylation sites is 1. The molecule has 1 N–H and O–H groups in total. The van der Waals surface area contributed by atoms with Gasteiger partial charge in [-0.3, -0.25) is 0 Å². The van der Waals surface area contributed by atoms with Crippen LogP contribution in [0.15, 0.2) is 36.4 Å². The lowest BCUT2D eigenvalue weighted by atomic mass is 10.1. The number of aryl methyl sites for hydroxylation is 2. The molecule has 0 radical (unpaired) electrons. The van der Waals surface area contributed by atoms with E-state index in [1.165, 1.54) is 22.0 Å². The fraction of sp³-hybridized carbons (Fsp3) is 0.364. The summed E-state index contributed by atoms with van der Waals surface area (Å²) in [5.41, 5.74) is 7.61. The Kier molecular flexibility index (Phi) is 4.81. The second-order valence-electron chi connectivity index (χ2n) is 7.54. The van der Waals surface area contributed by atoms with Gasteiger partial charge in [0, 0.05) is 31.6 Å². The topological polar surface area (TPSA) is 46.0 Å². The predicted molar refractivity (Wildman–Crippen MR) is 113 cm³/mol. The zero-order chi connectivity index (χ0) is 19.0. The Hall–Kier alpha value is -2.50. The van der Waals surface area contributed by atoms with E-state index in [-0.39, 0.29) is 0 Å². The average molecular weight is 361 g/mol. The van der Waals surface area contributed by atoms with Crippen molar-refractivity contribution in [2.75, 3.05) is 33.7 Å². The normalized spacial score (nSPS) is 12.0. The molecule has 0 aliphatic carbocycles. The second-order valence-corrected chi connectivity index (χ2v) is 7.54. The lowest BCUT2D eigenvalue weighted by molar-refractivity contribution is 0.398. The van der Waals surface area contributed by atoms with Crippen LogP contribution in [0.25, 0.3) is 33.1 Å². The van der Waals surface area contributed by atoms with Gasteiger partial charge in [-0.05, 0) is 57.3 Å². The lowest BCUT2D eigenvalue weighted by Gasteiger charge is -2.11. The number of nitrogens with zero attached hydrogens (tertiary/aromatic N) is 4. The minimum Gasteiger partial charge on any atom is -0.323 e. The molecule has 140 valence electrons. The van der Waals surface area contributed by atoms with Crippen LogP contribution in [0.1, 0.15) is 11.1 Å². The van der Waals surface area contributed by atoms with E-state index >= 15 is 0 Å². The molecular formula is C22H27N5. The second kappa shape index (κ2) is 7.25. The first-order valence-electron chi connectivity index (χ1n) is 9.56. The van der Waals surface area contributed by atoms with Crippen molar-refractivity contribution >= 4 is 33.1 Å². The van der Waals surface area contributed by atoms with Crippen LogP contribution in [0, 0.1) is 13.8 Å². The van der Waals surface area contributed by atoms with Crippen LogP contribution in [0.5, 0.6) is 0 Å². The third-order valence-electron chi connectivity index (χ3n) is 5.21. The SMILES string of the molecule is Cc1cc2nc3c4ccccc4n(CCNCCN(C)C)c3nc2cc1C. The Morgan fingerprint density at radius 1 is 0.963 bits per heavy atom. The van der Waals surface area contributed by atoms with E-state index in [4.69, 9.17) is 9.97 Å². The van der Waals surface area contributed by atoms with Crippen molar-refractivity contribution in [2.45, 2.75) is 20.4 Å². The van der Waals surface area contributed by atoms with Gasteiger partial charge in [-0.25, -0.2) is 9.97 Å². The number of rotatable bonds is 6. The van der Waals surface area contributed by atoms with Crippen LogP contribution < -0.4 is 5.32 Å². The van der Waals surface area contributed by atoms with Gasteiger partial charge in [0.1, 0.15) is 5.52 Å². The maximum atomic E-state index is 5.01. The van der Waals surface area contributed by atoms with Gasteiger partial charge in [0.25, 0.3) is 0 Å². The highest BCUT2D eigenvalue weighted by molar-refractivity contribution is 6.06. The highest BCUT2D eigenvalue weighted by atomic mass is 15.1.